The van der Waals surface area contributed by atoms with E-state index in [-0.39, 0.29) is 6.71 Å². The van der Waals surface area contributed by atoms with Crippen molar-refractivity contribution in [3.05, 3.63) is 321 Å². The van der Waals surface area contributed by atoms with Crippen LogP contribution in [0.5, 0.6) is 0 Å². The SMILES string of the molecule is c1ccc(-c2cccc(Sc3cc4c5c(c3)N(c3c(-c6ccccc6)cc(C6CCCCC6)cc3-c3ccccc3)c3ccc(-c6ccccc6)cc3B5c3cc(-c5ccccc5)ccc3N4c3c(-c4ccccc4)cc(C4CCCCC4)cc3-c3ccccc3)c2)cc1. The van der Waals surface area contributed by atoms with Crippen LogP contribution in [0.1, 0.15) is 87.2 Å². The summed E-state index contributed by atoms with van der Waals surface area (Å²) in [6, 6.07) is 118. The first kappa shape index (κ1) is 57.8. The Morgan fingerprint density at radius 1 is 0.255 bits per heavy atom. The molecule has 0 N–H and O–H groups in total. The van der Waals surface area contributed by atoms with Gasteiger partial charge < -0.3 is 9.80 Å². The number of hydrogen-bond acceptors (Lipinski definition) is 3. The predicted molar refractivity (Wildman–Crippen MR) is 401 cm³/mol. The van der Waals surface area contributed by atoms with Crippen LogP contribution in [0.2, 0.25) is 0 Å². The minimum atomic E-state index is -0.181. The van der Waals surface area contributed by atoms with Gasteiger partial charge in [-0.3, -0.25) is 0 Å². The molecule has 2 aliphatic heterocycles. The highest BCUT2D eigenvalue weighted by Gasteiger charge is 2.46. The lowest BCUT2D eigenvalue weighted by molar-refractivity contribution is 0.444. The molecule has 13 aromatic rings. The molecule has 17 rings (SSSR count). The van der Waals surface area contributed by atoms with Gasteiger partial charge in [0, 0.05) is 54.8 Å². The summed E-state index contributed by atoms with van der Waals surface area (Å²) in [5.74, 6) is 0.952. The molecule has 2 nitrogen and oxygen atoms in total. The molecule has 452 valence electrons. The van der Waals surface area contributed by atoms with Gasteiger partial charge in [-0.15, -0.1) is 0 Å². The van der Waals surface area contributed by atoms with E-state index < -0.39 is 0 Å². The van der Waals surface area contributed by atoms with E-state index >= 15 is 0 Å². The molecule has 94 heavy (non-hydrogen) atoms. The van der Waals surface area contributed by atoms with Gasteiger partial charge in [0.15, 0.2) is 0 Å². The summed E-state index contributed by atoms with van der Waals surface area (Å²) in [7, 11) is 0. The standard InChI is InChI=1S/C90H73BN2S/c1-10-29-62(30-11-1)71-47-28-48-76(53-71)94-77-60-86-88-87(61-77)93(90-80(69-43-24-8-25-44-69)56-75(66-37-18-5-19-38-66)57-81(90)70-45-26-9-27-46-70)85-52-50-73(64-33-14-3-15-34-64)59-83(85)91(88)82-58-72(63-31-12-2-13-32-63)49-51-84(82)92(86)89-78(67-39-20-6-21-40-67)54-74(65-35-16-4-17-36-65)55-79(89)68-41-22-7-23-42-68/h1-3,6-15,20-34,39-61,65-66H,4-5,16-19,35-38H2. The van der Waals surface area contributed by atoms with Crippen LogP contribution >= 0.6 is 11.8 Å². The zero-order valence-corrected chi connectivity index (χ0v) is 53.9. The van der Waals surface area contributed by atoms with Crippen molar-refractivity contribution in [2.45, 2.75) is 85.8 Å². The first-order chi connectivity index (χ1) is 46.6. The van der Waals surface area contributed by atoms with E-state index in [1.54, 1.807) is 0 Å². The topological polar surface area (TPSA) is 6.48 Å². The quantitative estimate of drug-likeness (QED) is 0.106. The van der Waals surface area contributed by atoms with Gasteiger partial charge in [-0.1, -0.05) is 299 Å². The Morgan fingerprint density at radius 2 is 0.574 bits per heavy atom. The zero-order chi connectivity index (χ0) is 62.3. The van der Waals surface area contributed by atoms with Gasteiger partial charge in [-0.25, -0.2) is 0 Å². The summed E-state index contributed by atoms with van der Waals surface area (Å²) in [6.45, 7) is -0.181. The van der Waals surface area contributed by atoms with Crippen LogP contribution in [0.25, 0.3) is 77.9 Å². The van der Waals surface area contributed by atoms with E-state index in [0.29, 0.717) is 11.8 Å². The molecule has 0 atom stereocenters. The molecule has 0 saturated heterocycles. The maximum atomic E-state index is 2.74. The maximum Gasteiger partial charge on any atom is 0.252 e. The summed E-state index contributed by atoms with van der Waals surface area (Å²) < 4.78 is 0. The minimum Gasteiger partial charge on any atom is -0.310 e. The zero-order valence-electron chi connectivity index (χ0n) is 53.1. The third kappa shape index (κ3) is 10.9. The predicted octanol–water partition coefficient (Wildman–Crippen LogP) is 23.7. The lowest BCUT2D eigenvalue weighted by atomic mass is 9.33. The van der Waals surface area contributed by atoms with Crippen molar-refractivity contribution < 1.29 is 0 Å². The maximum absolute atomic E-state index is 2.74. The third-order valence-electron chi connectivity index (χ3n) is 20.6. The van der Waals surface area contributed by atoms with Gasteiger partial charge in [0.1, 0.15) is 0 Å². The van der Waals surface area contributed by atoms with Gasteiger partial charge in [-0.05, 0) is 181 Å². The fourth-order valence-corrected chi connectivity index (χ4v) is 17.1. The van der Waals surface area contributed by atoms with Crippen molar-refractivity contribution in [3.8, 4) is 77.9 Å². The largest absolute Gasteiger partial charge is 0.310 e. The van der Waals surface area contributed by atoms with Crippen LogP contribution in [0.4, 0.5) is 34.1 Å². The Kier molecular flexibility index (Phi) is 15.6. The molecule has 0 bridgehead atoms. The first-order valence-electron chi connectivity index (χ1n) is 34.2. The van der Waals surface area contributed by atoms with Crippen LogP contribution in [0.3, 0.4) is 0 Å². The van der Waals surface area contributed by atoms with E-state index in [4.69, 9.17) is 0 Å². The van der Waals surface area contributed by atoms with E-state index in [2.05, 4.69) is 319 Å². The molecule has 0 spiro atoms. The number of fused-ring (bicyclic) bond motifs is 4. The fourth-order valence-electron chi connectivity index (χ4n) is 16.1. The van der Waals surface area contributed by atoms with E-state index in [9.17, 15) is 0 Å². The average Bonchev–Trinajstić information content (AvgIpc) is 0.690. The van der Waals surface area contributed by atoms with Gasteiger partial charge >= 0.3 is 0 Å². The highest BCUT2D eigenvalue weighted by atomic mass is 32.2. The van der Waals surface area contributed by atoms with E-state index in [1.165, 1.54) is 214 Å². The second-order valence-electron chi connectivity index (χ2n) is 26.3. The molecule has 2 aliphatic carbocycles. The van der Waals surface area contributed by atoms with Gasteiger partial charge in [-0.2, -0.15) is 0 Å². The van der Waals surface area contributed by atoms with Crippen molar-refractivity contribution in [2.75, 3.05) is 9.80 Å². The summed E-state index contributed by atoms with van der Waals surface area (Å²) in [5, 5.41) is 0. The second kappa shape index (κ2) is 25.4. The number of rotatable bonds is 13. The molecule has 0 aromatic heterocycles. The summed E-state index contributed by atoms with van der Waals surface area (Å²) >= 11 is 1.87. The molecule has 0 radical (unpaired) electrons. The Balaban J connectivity index is 1.03. The molecule has 2 heterocycles. The third-order valence-corrected chi connectivity index (χ3v) is 21.6. The van der Waals surface area contributed by atoms with Gasteiger partial charge in [0.05, 0.1) is 11.4 Å². The van der Waals surface area contributed by atoms with Crippen molar-refractivity contribution in [2.24, 2.45) is 0 Å². The molecular formula is C90H73BN2S. The average molecular weight is 1230 g/mol. The van der Waals surface area contributed by atoms with Crippen molar-refractivity contribution in [1.29, 1.82) is 0 Å². The normalized spacial score (nSPS) is 14.5. The second-order valence-corrected chi connectivity index (χ2v) is 27.5. The van der Waals surface area contributed by atoms with E-state index in [0.717, 1.165) is 0 Å². The first-order valence-corrected chi connectivity index (χ1v) is 35.0. The number of anilines is 6. The Hall–Kier alpha value is -10.1. The summed E-state index contributed by atoms with van der Waals surface area (Å²) in [6.07, 6.45) is 12.4. The summed E-state index contributed by atoms with van der Waals surface area (Å²) in [5.41, 5.74) is 30.9. The molecule has 0 amide bonds. The number of hydrogen-bond donors (Lipinski definition) is 0. The van der Waals surface area contributed by atoms with Crippen LogP contribution in [0, 0.1) is 0 Å². The Bertz CT molecular complexity index is 4490. The van der Waals surface area contributed by atoms with Crippen LogP contribution in [-0.4, -0.2) is 6.71 Å². The van der Waals surface area contributed by atoms with Gasteiger partial charge in [0.2, 0.25) is 0 Å². The van der Waals surface area contributed by atoms with Crippen LogP contribution in [0.15, 0.2) is 319 Å². The van der Waals surface area contributed by atoms with Crippen LogP contribution < -0.4 is 26.2 Å². The molecular weight excluding hydrogens is 1150 g/mol. The molecule has 4 heteroatoms. The monoisotopic (exact) mass is 1220 g/mol. The lowest BCUT2D eigenvalue weighted by Gasteiger charge is -2.46. The molecule has 2 fully saturated rings. The summed E-state index contributed by atoms with van der Waals surface area (Å²) in [4.78, 5) is 7.84. The van der Waals surface area contributed by atoms with Crippen molar-refractivity contribution in [3.63, 3.8) is 0 Å². The fraction of sp³-hybridized carbons (Fsp3) is 0.133. The number of benzene rings is 13. The Morgan fingerprint density at radius 3 is 0.926 bits per heavy atom. The van der Waals surface area contributed by atoms with Gasteiger partial charge in [0.25, 0.3) is 6.71 Å². The van der Waals surface area contributed by atoms with Crippen molar-refractivity contribution in [1.82, 2.24) is 0 Å². The highest BCUT2D eigenvalue weighted by molar-refractivity contribution is 7.99. The lowest BCUT2D eigenvalue weighted by Crippen LogP contribution is -2.61. The molecule has 13 aromatic carbocycles. The molecule has 2 saturated carbocycles. The Labute approximate surface area is 559 Å². The molecule has 4 aliphatic rings. The minimum absolute atomic E-state index is 0.181. The van der Waals surface area contributed by atoms with E-state index in [1.807, 2.05) is 11.8 Å². The number of nitrogens with zero attached hydrogens (tertiary/aromatic N) is 2. The smallest absolute Gasteiger partial charge is 0.252 e. The van der Waals surface area contributed by atoms with Crippen LogP contribution in [-0.2, 0) is 0 Å². The molecule has 0 unspecified atom stereocenters. The van der Waals surface area contributed by atoms with Crippen molar-refractivity contribution >= 4 is 69.0 Å². The highest BCUT2D eigenvalue weighted by Crippen LogP contribution is 2.56.